The van der Waals surface area contributed by atoms with E-state index in [-0.39, 0.29) is 12.4 Å². The summed E-state index contributed by atoms with van der Waals surface area (Å²) >= 11 is 1.34. The van der Waals surface area contributed by atoms with Crippen LogP contribution in [-0.4, -0.2) is 50.4 Å². The van der Waals surface area contributed by atoms with Crippen molar-refractivity contribution in [2.45, 2.75) is 11.3 Å². The summed E-state index contributed by atoms with van der Waals surface area (Å²) < 4.78 is 26.1. The van der Waals surface area contributed by atoms with Crippen LogP contribution in [0.5, 0.6) is 11.5 Å². The smallest absolute Gasteiger partial charge is 0.196 e. The SMILES string of the molecule is COc1ccc(OCC(O)CSc2nnc(-c3ccncc3)n2-c2ccc(F)cc2)cc1. The number of aliphatic hydroxyl groups is 1. The van der Waals surface area contributed by atoms with E-state index in [4.69, 9.17) is 9.47 Å². The van der Waals surface area contributed by atoms with Crippen molar-refractivity contribution < 1.29 is 19.0 Å². The largest absolute Gasteiger partial charge is 0.497 e. The van der Waals surface area contributed by atoms with Gasteiger partial charge in [0.05, 0.1) is 13.2 Å². The Bertz CT molecular complexity index is 1140. The normalized spacial score (nSPS) is 11.8. The Kier molecular flexibility index (Phi) is 6.98. The number of methoxy groups -OCH3 is 1. The van der Waals surface area contributed by atoms with Gasteiger partial charge in [0.2, 0.25) is 0 Å². The topological polar surface area (TPSA) is 82.3 Å². The van der Waals surface area contributed by atoms with E-state index < -0.39 is 6.10 Å². The number of nitrogens with zero attached hydrogens (tertiary/aromatic N) is 4. The molecule has 2 aromatic carbocycles. The van der Waals surface area contributed by atoms with Gasteiger partial charge in [-0.15, -0.1) is 10.2 Å². The molecule has 0 spiro atoms. The maximum atomic E-state index is 13.5. The van der Waals surface area contributed by atoms with Crippen molar-refractivity contribution in [2.24, 2.45) is 0 Å². The highest BCUT2D eigenvalue weighted by Crippen LogP contribution is 2.28. The lowest BCUT2D eigenvalue weighted by Crippen LogP contribution is -2.20. The van der Waals surface area contributed by atoms with Crippen molar-refractivity contribution in [3.63, 3.8) is 0 Å². The number of pyridine rings is 1. The molecule has 1 N–H and O–H groups in total. The molecule has 0 saturated carbocycles. The van der Waals surface area contributed by atoms with Crippen LogP contribution in [-0.2, 0) is 0 Å². The molecule has 0 bridgehead atoms. The maximum absolute atomic E-state index is 13.5. The molecule has 1 atom stereocenters. The predicted molar refractivity (Wildman–Crippen MR) is 120 cm³/mol. The Hall–Kier alpha value is -3.43. The number of aromatic nitrogens is 4. The van der Waals surface area contributed by atoms with Crippen molar-refractivity contribution in [2.75, 3.05) is 19.5 Å². The molecule has 7 nitrogen and oxygen atoms in total. The second-order valence-electron chi connectivity index (χ2n) is 6.81. The first kappa shape index (κ1) is 21.8. The summed E-state index contributed by atoms with van der Waals surface area (Å²) in [6.07, 6.45) is 2.61. The zero-order valence-electron chi connectivity index (χ0n) is 17.3. The number of aliphatic hydroxyl groups excluding tert-OH is 1. The van der Waals surface area contributed by atoms with E-state index in [0.717, 1.165) is 17.0 Å². The number of ether oxygens (including phenoxy) is 2. The fourth-order valence-electron chi connectivity index (χ4n) is 2.96. The van der Waals surface area contributed by atoms with E-state index in [0.29, 0.717) is 22.5 Å². The van der Waals surface area contributed by atoms with Crippen LogP contribution in [0.15, 0.2) is 78.2 Å². The summed E-state index contributed by atoms with van der Waals surface area (Å²) in [7, 11) is 1.60. The summed E-state index contributed by atoms with van der Waals surface area (Å²) in [6.45, 7) is 0.126. The van der Waals surface area contributed by atoms with Crippen LogP contribution >= 0.6 is 11.8 Å². The van der Waals surface area contributed by atoms with Crippen molar-refractivity contribution in [1.29, 1.82) is 0 Å². The Morgan fingerprint density at radius 3 is 2.34 bits per heavy atom. The highest BCUT2D eigenvalue weighted by Gasteiger charge is 2.18. The van der Waals surface area contributed by atoms with Gasteiger partial charge >= 0.3 is 0 Å². The van der Waals surface area contributed by atoms with Gasteiger partial charge in [0.25, 0.3) is 0 Å². The zero-order chi connectivity index (χ0) is 22.3. The fraction of sp³-hybridized carbons (Fsp3) is 0.174. The van der Waals surface area contributed by atoms with Crippen molar-refractivity contribution in [3.05, 3.63) is 78.9 Å². The molecular weight excluding hydrogens is 431 g/mol. The number of halogens is 1. The van der Waals surface area contributed by atoms with Gasteiger partial charge in [-0.05, 0) is 60.7 Å². The molecule has 0 aliphatic heterocycles. The van der Waals surface area contributed by atoms with Crippen LogP contribution in [0.4, 0.5) is 4.39 Å². The molecule has 1 unspecified atom stereocenters. The molecular formula is C23H21FN4O3S. The third-order valence-electron chi connectivity index (χ3n) is 4.56. The van der Waals surface area contributed by atoms with Crippen molar-refractivity contribution >= 4 is 11.8 Å². The molecule has 0 radical (unpaired) electrons. The third-order valence-corrected chi connectivity index (χ3v) is 5.64. The van der Waals surface area contributed by atoms with Gasteiger partial charge in [0.15, 0.2) is 11.0 Å². The Morgan fingerprint density at radius 2 is 1.66 bits per heavy atom. The van der Waals surface area contributed by atoms with E-state index in [1.807, 2.05) is 16.7 Å². The molecule has 2 aromatic heterocycles. The van der Waals surface area contributed by atoms with Crippen LogP contribution in [0.25, 0.3) is 17.1 Å². The lowest BCUT2D eigenvalue weighted by Gasteiger charge is -2.13. The molecule has 0 saturated heterocycles. The molecule has 4 rings (SSSR count). The highest BCUT2D eigenvalue weighted by atomic mass is 32.2. The third kappa shape index (κ3) is 5.24. The number of rotatable bonds is 9. The number of thioether (sulfide) groups is 1. The molecule has 2 heterocycles. The number of hydrogen-bond donors (Lipinski definition) is 1. The summed E-state index contributed by atoms with van der Waals surface area (Å²) in [5.74, 6) is 1.99. The first-order valence-electron chi connectivity index (χ1n) is 9.83. The Morgan fingerprint density at radius 1 is 0.969 bits per heavy atom. The minimum absolute atomic E-state index is 0.126. The summed E-state index contributed by atoms with van der Waals surface area (Å²) in [5.41, 5.74) is 1.54. The quantitative estimate of drug-likeness (QED) is 0.384. The molecule has 4 aromatic rings. The van der Waals surface area contributed by atoms with Gasteiger partial charge < -0.3 is 14.6 Å². The van der Waals surface area contributed by atoms with Gasteiger partial charge in [-0.2, -0.15) is 0 Å². The standard InChI is InChI=1S/C23H21FN4O3S/c1-30-20-6-8-21(9-7-20)31-14-19(29)15-32-23-27-26-22(16-10-12-25-13-11-16)28(23)18-4-2-17(24)3-5-18/h2-13,19,29H,14-15H2,1H3. The minimum atomic E-state index is -0.732. The summed E-state index contributed by atoms with van der Waals surface area (Å²) in [5, 5.41) is 19.6. The maximum Gasteiger partial charge on any atom is 0.196 e. The lowest BCUT2D eigenvalue weighted by atomic mass is 10.2. The zero-order valence-corrected chi connectivity index (χ0v) is 18.1. The Balaban J connectivity index is 1.48. The van der Waals surface area contributed by atoms with E-state index in [1.54, 1.807) is 55.9 Å². The van der Waals surface area contributed by atoms with Crippen molar-refractivity contribution in [3.8, 4) is 28.6 Å². The average Bonchev–Trinajstić information content (AvgIpc) is 3.27. The van der Waals surface area contributed by atoms with Gasteiger partial charge in [0.1, 0.15) is 23.9 Å². The minimum Gasteiger partial charge on any atom is -0.497 e. The first-order chi connectivity index (χ1) is 15.6. The van der Waals surface area contributed by atoms with E-state index in [1.165, 1.54) is 23.9 Å². The van der Waals surface area contributed by atoms with E-state index in [2.05, 4.69) is 15.2 Å². The first-order valence-corrected chi connectivity index (χ1v) is 10.8. The monoisotopic (exact) mass is 452 g/mol. The van der Waals surface area contributed by atoms with Crippen molar-refractivity contribution in [1.82, 2.24) is 19.7 Å². The average molecular weight is 453 g/mol. The molecule has 0 amide bonds. The summed E-state index contributed by atoms with van der Waals surface area (Å²) in [6, 6.07) is 16.9. The number of benzene rings is 2. The predicted octanol–water partition coefficient (Wildman–Crippen LogP) is 4.01. The van der Waals surface area contributed by atoms with E-state index in [9.17, 15) is 9.50 Å². The van der Waals surface area contributed by atoms with Gasteiger partial charge in [0, 0.05) is 29.4 Å². The van der Waals surface area contributed by atoms with Crippen LogP contribution in [0.1, 0.15) is 0 Å². The van der Waals surface area contributed by atoms with Crippen LogP contribution in [0, 0.1) is 5.82 Å². The van der Waals surface area contributed by atoms with E-state index >= 15 is 0 Å². The fourth-order valence-corrected chi connectivity index (χ4v) is 3.81. The highest BCUT2D eigenvalue weighted by molar-refractivity contribution is 7.99. The van der Waals surface area contributed by atoms with Crippen LogP contribution in [0.3, 0.4) is 0 Å². The lowest BCUT2D eigenvalue weighted by molar-refractivity contribution is 0.126. The van der Waals surface area contributed by atoms with Gasteiger partial charge in [-0.25, -0.2) is 4.39 Å². The molecule has 32 heavy (non-hydrogen) atoms. The molecule has 0 aliphatic carbocycles. The second-order valence-corrected chi connectivity index (χ2v) is 7.79. The molecule has 0 aliphatic rings. The number of hydrogen-bond acceptors (Lipinski definition) is 7. The Labute approximate surface area is 188 Å². The molecule has 0 fully saturated rings. The summed E-state index contributed by atoms with van der Waals surface area (Å²) in [4.78, 5) is 4.04. The van der Waals surface area contributed by atoms with Gasteiger partial charge in [-0.1, -0.05) is 11.8 Å². The van der Waals surface area contributed by atoms with Gasteiger partial charge in [-0.3, -0.25) is 9.55 Å². The molecule has 164 valence electrons. The van der Waals surface area contributed by atoms with Crippen LogP contribution in [0.2, 0.25) is 0 Å². The molecule has 9 heteroatoms. The second kappa shape index (κ2) is 10.3. The van der Waals surface area contributed by atoms with Crippen LogP contribution < -0.4 is 9.47 Å².